The number of anilines is 1. The van der Waals surface area contributed by atoms with Gasteiger partial charge in [-0.15, -0.1) is 0 Å². The van der Waals surface area contributed by atoms with Crippen LogP contribution in [0.15, 0.2) is 33.5 Å². The molecule has 6 nitrogen and oxygen atoms in total. The van der Waals surface area contributed by atoms with Crippen LogP contribution in [0.1, 0.15) is 29.1 Å². The average molecular weight is 351 g/mol. The summed E-state index contributed by atoms with van der Waals surface area (Å²) in [6.45, 7) is 2.34. The molecule has 3 heterocycles. The van der Waals surface area contributed by atoms with Crippen LogP contribution in [0, 0.1) is 0 Å². The molecule has 0 saturated carbocycles. The van der Waals surface area contributed by atoms with Crippen molar-refractivity contribution in [2.45, 2.75) is 19.4 Å². The molecule has 1 aliphatic heterocycles. The maximum absolute atomic E-state index is 11.9. The van der Waals surface area contributed by atoms with Crippen LogP contribution in [0.2, 0.25) is 0 Å². The van der Waals surface area contributed by atoms with Crippen LogP contribution in [0.5, 0.6) is 0 Å². The summed E-state index contributed by atoms with van der Waals surface area (Å²) in [4.78, 5) is 22.8. The fourth-order valence-corrected chi connectivity index (χ4v) is 2.55. The first-order chi connectivity index (χ1) is 10.2. The lowest BCUT2D eigenvalue weighted by molar-refractivity contribution is 0.0921. The van der Waals surface area contributed by atoms with E-state index in [0.717, 1.165) is 24.7 Å². The van der Waals surface area contributed by atoms with E-state index in [9.17, 15) is 4.79 Å². The standard InChI is InChI=1S/C14H15BrN4O2/c15-12-4-3-11(21-12)13(20)17-9-10-5-6-16-14(18-10)19-7-1-2-8-19/h3-6H,1-2,7-9H2,(H,17,20). The summed E-state index contributed by atoms with van der Waals surface area (Å²) in [5, 5.41) is 2.78. The number of hydrogen-bond donors (Lipinski definition) is 1. The number of carbonyl (C=O) groups is 1. The zero-order valence-corrected chi connectivity index (χ0v) is 13.0. The maximum Gasteiger partial charge on any atom is 0.287 e. The second-order valence-electron chi connectivity index (χ2n) is 4.83. The SMILES string of the molecule is O=C(NCc1ccnc(N2CCCC2)n1)c1ccc(Br)o1. The van der Waals surface area contributed by atoms with Gasteiger partial charge in [-0.25, -0.2) is 9.97 Å². The Bertz CT molecular complexity index is 637. The number of amides is 1. The van der Waals surface area contributed by atoms with E-state index in [1.54, 1.807) is 24.4 Å². The molecule has 110 valence electrons. The van der Waals surface area contributed by atoms with Crippen molar-refractivity contribution in [3.05, 3.63) is 40.5 Å². The first kappa shape index (κ1) is 14.1. The molecule has 0 radical (unpaired) electrons. The largest absolute Gasteiger partial charge is 0.444 e. The number of hydrogen-bond acceptors (Lipinski definition) is 5. The molecule has 1 aliphatic rings. The van der Waals surface area contributed by atoms with Crippen molar-refractivity contribution in [2.24, 2.45) is 0 Å². The minimum atomic E-state index is -0.262. The molecule has 2 aromatic heterocycles. The number of rotatable bonds is 4. The average Bonchev–Trinajstić information content (AvgIpc) is 3.16. The number of nitrogens with one attached hydrogen (secondary N) is 1. The predicted octanol–water partition coefficient (Wildman–Crippen LogP) is 2.36. The van der Waals surface area contributed by atoms with Crippen LogP contribution in [-0.2, 0) is 6.54 Å². The van der Waals surface area contributed by atoms with Crippen molar-refractivity contribution in [1.29, 1.82) is 0 Å². The summed E-state index contributed by atoms with van der Waals surface area (Å²) in [5.41, 5.74) is 0.783. The van der Waals surface area contributed by atoms with E-state index in [1.807, 2.05) is 0 Å². The molecule has 0 atom stereocenters. The molecule has 0 unspecified atom stereocenters. The molecule has 0 aliphatic carbocycles. The number of halogens is 1. The number of nitrogens with zero attached hydrogens (tertiary/aromatic N) is 3. The molecule has 2 aromatic rings. The third-order valence-corrected chi connectivity index (χ3v) is 3.74. The summed E-state index contributed by atoms with van der Waals surface area (Å²) in [7, 11) is 0. The first-order valence-electron chi connectivity index (χ1n) is 6.83. The maximum atomic E-state index is 11.9. The van der Waals surface area contributed by atoms with Crippen molar-refractivity contribution in [3.8, 4) is 0 Å². The molecule has 1 fully saturated rings. The van der Waals surface area contributed by atoms with Crippen LogP contribution in [0.4, 0.5) is 5.95 Å². The Morgan fingerprint density at radius 2 is 2.14 bits per heavy atom. The molecule has 3 rings (SSSR count). The molecule has 0 aromatic carbocycles. The lowest BCUT2D eigenvalue weighted by atomic mass is 10.3. The van der Waals surface area contributed by atoms with Gasteiger partial charge in [0.2, 0.25) is 5.95 Å². The highest BCUT2D eigenvalue weighted by atomic mass is 79.9. The highest BCUT2D eigenvalue weighted by Crippen LogP contribution is 2.16. The van der Waals surface area contributed by atoms with Crippen molar-refractivity contribution in [3.63, 3.8) is 0 Å². The van der Waals surface area contributed by atoms with Gasteiger partial charge in [0.25, 0.3) is 5.91 Å². The summed E-state index contributed by atoms with van der Waals surface area (Å²) >= 11 is 3.17. The molecule has 0 bridgehead atoms. The zero-order valence-electron chi connectivity index (χ0n) is 11.4. The lowest BCUT2D eigenvalue weighted by Gasteiger charge is -2.15. The van der Waals surface area contributed by atoms with Crippen molar-refractivity contribution >= 4 is 27.8 Å². The zero-order chi connectivity index (χ0) is 14.7. The quantitative estimate of drug-likeness (QED) is 0.916. The van der Waals surface area contributed by atoms with Gasteiger partial charge in [-0.3, -0.25) is 4.79 Å². The predicted molar refractivity (Wildman–Crippen MR) is 81.1 cm³/mol. The topological polar surface area (TPSA) is 71.3 Å². The summed E-state index contributed by atoms with van der Waals surface area (Å²) in [5.74, 6) is 0.748. The Balaban J connectivity index is 1.62. The Morgan fingerprint density at radius 3 is 2.86 bits per heavy atom. The summed E-state index contributed by atoms with van der Waals surface area (Å²) in [6.07, 6.45) is 4.08. The number of furan rings is 1. The second-order valence-corrected chi connectivity index (χ2v) is 5.61. The van der Waals surface area contributed by atoms with Gasteiger partial charge in [0, 0.05) is 19.3 Å². The van der Waals surface area contributed by atoms with Crippen molar-refractivity contribution in [2.75, 3.05) is 18.0 Å². The van der Waals surface area contributed by atoms with Gasteiger partial charge < -0.3 is 14.6 Å². The molecular weight excluding hydrogens is 336 g/mol. The minimum absolute atomic E-state index is 0.262. The van der Waals surface area contributed by atoms with Crippen LogP contribution >= 0.6 is 15.9 Å². The fraction of sp³-hybridized carbons (Fsp3) is 0.357. The van der Waals surface area contributed by atoms with Crippen LogP contribution in [0.25, 0.3) is 0 Å². The van der Waals surface area contributed by atoms with E-state index < -0.39 is 0 Å². The van der Waals surface area contributed by atoms with Gasteiger partial charge in [0.15, 0.2) is 10.4 Å². The monoisotopic (exact) mass is 350 g/mol. The van der Waals surface area contributed by atoms with E-state index in [0.29, 0.717) is 11.2 Å². The molecular formula is C14H15BrN4O2. The van der Waals surface area contributed by atoms with Crippen LogP contribution in [-0.4, -0.2) is 29.0 Å². The third-order valence-electron chi connectivity index (χ3n) is 3.32. The Labute approximate surface area is 130 Å². The number of carbonyl (C=O) groups excluding carboxylic acids is 1. The molecule has 1 saturated heterocycles. The molecule has 0 spiro atoms. The summed E-state index contributed by atoms with van der Waals surface area (Å²) < 4.78 is 5.74. The Morgan fingerprint density at radius 1 is 1.33 bits per heavy atom. The molecule has 21 heavy (non-hydrogen) atoms. The van der Waals surface area contributed by atoms with Crippen molar-refractivity contribution < 1.29 is 9.21 Å². The van der Waals surface area contributed by atoms with E-state index in [-0.39, 0.29) is 11.7 Å². The fourth-order valence-electron chi connectivity index (χ4n) is 2.25. The van der Waals surface area contributed by atoms with Gasteiger partial charge in [-0.2, -0.15) is 0 Å². The first-order valence-corrected chi connectivity index (χ1v) is 7.62. The van der Waals surface area contributed by atoms with Gasteiger partial charge >= 0.3 is 0 Å². The third kappa shape index (κ3) is 3.41. The number of aromatic nitrogens is 2. The second kappa shape index (κ2) is 6.26. The lowest BCUT2D eigenvalue weighted by Crippen LogP contribution is -2.24. The van der Waals surface area contributed by atoms with E-state index >= 15 is 0 Å². The van der Waals surface area contributed by atoms with Crippen LogP contribution in [0.3, 0.4) is 0 Å². The highest BCUT2D eigenvalue weighted by Gasteiger charge is 2.15. The van der Waals surface area contributed by atoms with Crippen molar-refractivity contribution in [1.82, 2.24) is 15.3 Å². The molecule has 1 N–H and O–H groups in total. The summed E-state index contributed by atoms with van der Waals surface area (Å²) in [6, 6.07) is 5.11. The van der Waals surface area contributed by atoms with E-state index in [2.05, 4.69) is 36.1 Å². The normalized spacial score (nSPS) is 14.4. The molecule has 1 amide bonds. The highest BCUT2D eigenvalue weighted by molar-refractivity contribution is 9.10. The van der Waals surface area contributed by atoms with Gasteiger partial charge in [-0.05, 0) is 47.0 Å². The van der Waals surface area contributed by atoms with Gasteiger partial charge in [-0.1, -0.05) is 0 Å². The Kier molecular flexibility index (Phi) is 4.19. The van der Waals surface area contributed by atoms with Gasteiger partial charge in [0.05, 0.1) is 12.2 Å². The Hall–Kier alpha value is -1.89. The minimum Gasteiger partial charge on any atom is -0.444 e. The smallest absolute Gasteiger partial charge is 0.287 e. The van der Waals surface area contributed by atoms with Crippen LogP contribution < -0.4 is 10.2 Å². The molecule has 7 heteroatoms. The van der Waals surface area contributed by atoms with Gasteiger partial charge in [0.1, 0.15) is 0 Å². The van der Waals surface area contributed by atoms with E-state index in [4.69, 9.17) is 4.42 Å². The van der Waals surface area contributed by atoms with E-state index in [1.165, 1.54) is 12.8 Å².